The molecule has 0 atom stereocenters. The summed E-state index contributed by atoms with van der Waals surface area (Å²) in [6, 6.07) is 9.87. The summed E-state index contributed by atoms with van der Waals surface area (Å²) in [5.41, 5.74) is 8.93. The molecule has 9 nitrogen and oxygen atoms in total. The van der Waals surface area contributed by atoms with Crippen molar-refractivity contribution in [3.63, 3.8) is 0 Å². The van der Waals surface area contributed by atoms with E-state index in [2.05, 4.69) is 15.0 Å². The number of amides is 1. The number of nitrogens with zero attached hydrogens (tertiary/aromatic N) is 7. The maximum absolute atomic E-state index is 13.4. The van der Waals surface area contributed by atoms with Gasteiger partial charge in [-0.2, -0.15) is 5.10 Å². The van der Waals surface area contributed by atoms with Crippen LogP contribution in [-0.2, 0) is 7.05 Å². The topological polar surface area (TPSA) is 109 Å². The number of nitrogens with two attached hydrogens (primary N) is 1. The standard InChI is InChI=1S/C21H17FN8O/c1-12-25-18(13-3-5-14(22)6-4-13)19(28(12)2)15-7-8-16-26-17(11-30(16)27-15)29-10-9-24-21(29)20(23)31/h3-11H,1-2H3,(H2,23,31). The number of carbonyl (C=O) groups is 1. The summed E-state index contributed by atoms with van der Waals surface area (Å²) in [5.74, 6) is 0.399. The van der Waals surface area contributed by atoms with Gasteiger partial charge in [-0.25, -0.2) is 23.9 Å². The molecule has 1 amide bonds. The highest BCUT2D eigenvalue weighted by Crippen LogP contribution is 2.31. The Balaban J connectivity index is 1.64. The van der Waals surface area contributed by atoms with Crippen molar-refractivity contribution in [3.8, 4) is 28.5 Å². The first-order valence-electron chi connectivity index (χ1n) is 9.42. The summed E-state index contributed by atoms with van der Waals surface area (Å²) in [6.45, 7) is 1.90. The fourth-order valence-corrected chi connectivity index (χ4v) is 3.50. The van der Waals surface area contributed by atoms with Gasteiger partial charge in [0.15, 0.2) is 11.5 Å². The van der Waals surface area contributed by atoms with E-state index in [-0.39, 0.29) is 11.6 Å². The summed E-state index contributed by atoms with van der Waals surface area (Å²) in [7, 11) is 1.90. The zero-order chi connectivity index (χ0) is 21.7. The van der Waals surface area contributed by atoms with Crippen molar-refractivity contribution in [2.24, 2.45) is 12.8 Å². The molecule has 4 heterocycles. The van der Waals surface area contributed by atoms with E-state index in [1.807, 2.05) is 30.7 Å². The summed E-state index contributed by atoms with van der Waals surface area (Å²) < 4.78 is 18.5. The van der Waals surface area contributed by atoms with E-state index in [1.165, 1.54) is 22.9 Å². The van der Waals surface area contributed by atoms with E-state index in [1.54, 1.807) is 29.0 Å². The molecule has 0 saturated carbocycles. The fourth-order valence-electron chi connectivity index (χ4n) is 3.50. The quantitative estimate of drug-likeness (QED) is 0.484. The van der Waals surface area contributed by atoms with Crippen LogP contribution in [0.2, 0.25) is 0 Å². The molecule has 0 unspecified atom stereocenters. The van der Waals surface area contributed by atoms with Gasteiger partial charge in [0.05, 0.1) is 17.6 Å². The predicted molar refractivity (Wildman–Crippen MR) is 111 cm³/mol. The number of rotatable bonds is 4. The maximum Gasteiger partial charge on any atom is 0.285 e. The van der Waals surface area contributed by atoms with Crippen LogP contribution in [0, 0.1) is 12.7 Å². The van der Waals surface area contributed by atoms with E-state index >= 15 is 0 Å². The lowest BCUT2D eigenvalue weighted by atomic mass is 10.1. The lowest BCUT2D eigenvalue weighted by Gasteiger charge is -2.07. The molecule has 31 heavy (non-hydrogen) atoms. The number of hydrogen-bond donors (Lipinski definition) is 1. The van der Waals surface area contributed by atoms with Crippen LogP contribution >= 0.6 is 0 Å². The highest BCUT2D eigenvalue weighted by atomic mass is 19.1. The predicted octanol–water partition coefficient (Wildman–Crippen LogP) is 2.53. The van der Waals surface area contributed by atoms with Crippen molar-refractivity contribution in [3.05, 3.63) is 72.5 Å². The summed E-state index contributed by atoms with van der Waals surface area (Å²) in [6.07, 6.45) is 4.78. The van der Waals surface area contributed by atoms with E-state index in [0.717, 1.165) is 17.1 Å². The van der Waals surface area contributed by atoms with Gasteiger partial charge in [-0.3, -0.25) is 9.36 Å². The van der Waals surface area contributed by atoms with E-state index in [4.69, 9.17) is 10.8 Å². The molecule has 0 bridgehead atoms. The summed E-state index contributed by atoms with van der Waals surface area (Å²) >= 11 is 0. The molecule has 4 aromatic heterocycles. The monoisotopic (exact) mass is 416 g/mol. The van der Waals surface area contributed by atoms with Gasteiger partial charge < -0.3 is 10.3 Å². The van der Waals surface area contributed by atoms with Crippen molar-refractivity contribution in [2.75, 3.05) is 0 Å². The van der Waals surface area contributed by atoms with Gasteiger partial charge in [-0.15, -0.1) is 0 Å². The number of primary amides is 1. The smallest absolute Gasteiger partial charge is 0.285 e. The number of fused-ring (bicyclic) bond motifs is 1. The molecular weight excluding hydrogens is 399 g/mol. The lowest BCUT2D eigenvalue weighted by Crippen LogP contribution is -2.17. The van der Waals surface area contributed by atoms with Gasteiger partial charge in [-0.05, 0) is 43.3 Å². The first kappa shape index (κ1) is 18.7. The zero-order valence-electron chi connectivity index (χ0n) is 16.7. The molecule has 0 radical (unpaired) electrons. The fraction of sp³-hybridized carbons (Fsp3) is 0.0952. The molecule has 0 aliphatic carbocycles. The Labute approximate surface area is 175 Å². The SMILES string of the molecule is Cc1nc(-c2ccc(F)cc2)c(-c2ccc3nc(-n4ccnc4C(N)=O)cn3n2)n1C. The largest absolute Gasteiger partial charge is 0.363 e. The number of imidazole rings is 3. The Morgan fingerprint density at radius 1 is 1.10 bits per heavy atom. The number of benzene rings is 1. The highest BCUT2D eigenvalue weighted by molar-refractivity contribution is 5.89. The Kier molecular flexibility index (Phi) is 4.14. The second-order valence-corrected chi connectivity index (χ2v) is 7.03. The minimum absolute atomic E-state index is 0.0875. The lowest BCUT2D eigenvalue weighted by molar-refractivity contribution is 0.0989. The molecule has 0 spiro atoms. The van der Waals surface area contributed by atoms with Crippen LogP contribution in [-0.4, -0.2) is 39.6 Å². The second kappa shape index (κ2) is 6.87. The zero-order valence-corrected chi connectivity index (χ0v) is 16.7. The Morgan fingerprint density at radius 2 is 1.87 bits per heavy atom. The summed E-state index contributed by atoms with van der Waals surface area (Å²) in [4.78, 5) is 24.7. The van der Waals surface area contributed by atoms with Crippen LogP contribution < -0.4 is 5.73 Å². The molecule has 2 N–H and O–H groups in total. The number of aryl methyl sites for hydroxylation is 1. The Bertz CT molecular complexity index is 1440. The number of hydrogen-bond acceptors (Lipinski definition) is 5. The second-order valence-electron chi connectivity index (χ2n) is 7.03. The Morgan fingerprint density at radius 3 is 2.61 bits per heavy atom. The third kappa shape index (κ3) is 3.05. The minimum Gasteiger partial charge on any atom is -0.363 e. The molecule has 10 heteroatoms. The van der Waals surface area contributed by atoms with Crippen molar-refractivity contribution >= 4 is 11.6 Å². The first-order chi connectivity index (χ1) is 14.9. The molecular formula is C21H17FN8O. The van der Waals surface area contributed by atoms with E-state index in [0.29, 0.717) is 22.9 Å². The third-order valence-corrected chi connectivity index (χ3v) is 5.09. The van der Waals surface area contributed by atoms with Crippen LogP contribution in [0.1, 0.15) is 16.4 Å². The molecule has 0 aliphatic rings. The molecule has 0 saturated heterocycles. The molecule has 5 rings (SSSR count). The highest BCUT2D eigenvalue weighted by Gasteiger charge is 2.19. The molecule has 0 fully saturated rings. The average Bonchev–Trinajstić information content (AvgIpc) is 3.45. The average molecular weight is 416 g/mol. The van der Waals surface area contributed by atoms with Crippen molar-refractivity contribution in [1.82, 2.24) is 33.7 Å². The Hall–Kier alpha value is -4.34. The van der Waals surface area contributed by atoms with Crippen LogP contribution in [0.15, 0.2) is 55.0 Å². The number of halogens is 1. The van der Waals surface area contributed by atoms with Gasteiger partial charge in [0.1, 0.15) is 17.3 Å². The van der Waals surface area contributed by atoms with Crippen molar-refractivity contribution in [1.29, 1.82) is 0 Å². The van der Waals surface area contributed by atoms with Gasteiger partial charge in [0, 0.05) is 25.0 Å². The third-order valence-electron chi connectivity index (χ3n) is 5.09. The van der Waals surface area contributed by atoms with Crippen molar-refractivity contribution < 1.29 is 9.18 Å². The molecule has 0 aliphatic heterocycles. The maximum atomic E-state index is 13.4. The van der Waals surface area contributed by atoms with Gasteiger partial charge >= 0.3 is 0 Å². The minimum atomic E-state index is -0.648. The molecule has 5 aromatic rings. The van der Waals surface area contributed by atoms with Gasteiger partial charge in [0.2, 0.25) is 5.82 Å². The molecule has 154 valence electrons. The van der Waals surface area contributed by atoms with E-state index in [9.17, 15) is 9.18 Å². The normalized spacial score (nSPS) is 11.3. The van der Waals surface area contributed by atoms with Crippen LogP contribution in [0.3, 0.4) is 0 Å². The van der Waals surface area contributed by atoms with E-state index < -0.39 is 5.91 Å². The van der Waals surface area contributed by atoms with Gasteiger partial charge in [0.25, 0.3) is 5.91 Å². The molecule has 1 aromatic carbocycles. The van der Waals surface area contributed by atoms with Crippen LogP contribution in [0.25, 0.3) is 34.1 Å². The van der Waals surface area contributed by atoms with Crippen molar-refractivity contribution in [2.45, 2.75) is 6.92 Å². The number of aromatic nitrogens is 7. The first-order valence-corrected chi connectivity index (χ1v) is 9.42. The van der Waals surface area contributed by atoms with Crippen LogP contribution in [0.5, 0.6) is 0 Å². The number of carbonyl (C=O) groups excluding carboxylic acids is 1. The van der Waals surface area contributed by atoms with Crippen LogP contribution in [0.4, 0.5) is 4.39 Å². The van der Waals surface area contributed by atoms with Gasteiger partial charge in [-0.1, -0.05) is 0 Å². The summed E-state index contributed by atoms with van der Waals surface area (Å²) in [5, 5.41) is 4.70.